The van der Waals surface area contributed by atoms with Crippen molar-refractivity contribution in [3.8, 4) is 33.4 Å². The fraction of sp³-hybridized carbons (Fsp3) is 0.0612. The molecule has 0 saturated carbocycles. The number of hydrogen-bond acceptors (Lipinski definition) is 2. The van der Waals surface area contributed by atoms with Gasteiger partial charge in [-0.1, -0.05) is 166 Å². The highest BCUT2D eigenvalue weighted by atomic mass is 32.1. The molecule has 8 aromatic carbocycles. The number of rotatable bonds is 5. The van der Waals surface area contributed by atoms with Gasteiger partial charge in [-0.05, 0) is 68.6 Å². The average Bonchev–Trinajstić information content (AvgIpc) is 3.69. The predicted octanol–water partition coefficient (Wildman–Crippen LogP) is 14.3. The summed E-state index contributed by atoms with van der Waals surface area (Å²) < 4.78 is 2.67. The van der Waals surface area contributed by atoms with Crippen molar-refractivity contribution in [2.24, 2.45) is 0 Å². The zero-order valence-corrected chi connectivity index (χ0v) is 29.4. The second kappa shape index (κ2) is 11.6. The third kappa shape index (κ3) is 4.60. The van der Waals surface area contributed by atoms with Crippen LogP contribution in [0, 0.1) is 0 Å². The number of nitrogens with zero attached hydrogens (tertiary/aromatic N) is 1. The molecule has 51 heavy (non-hydrogen) atoms. The van der Waals surface area contributed by atoms with Crippen molar-refractivity contribution >= 4 is 59.3 Å². The zero-order chi connectivity index (χ0) is 34.1. The Hall–Kier alpha value is -5.96. The Bertz CT molecular complexity index is 2760. The standard InChI is InChI=1S/C49H35NS/c1-49(2)42-22-12-11-20-41(42)46-43(49)30-28-40-39-21-13-23-45(47(39)51-48(40)46)50(35-26-24-33(25-27-35)32-14-5-3-6-15-32)44-31-29-36(34-16-7-4-8-17-34)37-18-9-10-19-38(37)44/h3-31H,1-2H3. The molecule has 1 aliphatic carbocycles. The first kappa shape index (κ1) is 29.9. The zero-order valence-electron chi connectivity index (χ0n) is 28.6. The van der Waals surface area contributed by atoms with Gasteiger partial charge in [0.15, 0.2) is 0 Å². The maximum atomic E-state index is 2.49. The van der Waals surface area contributed by atoms with Gasteiger partial charge in [0, 0.05) is 37.5 Å². The highest BCUT2D eigenvalue weighted by Gasteiger charge is 2.37. The molecule has 1 aromatic heterocycles. The molecular weight excluding hydrogens is 635 g/mol. The van der Waals surface area contributed by atoms with Crippen LogP contribution < -0.4 is 4.90 Å². The number of hydrogen-bond donors (Lipinski definition) is 0. The summed E-state index contributed by atoms with van der Waals surface area (Å²) in [6, 6.07) is 64.5. The Labute approximate surface area is 302 Å². The Morgan fingerprint density at radius 1 is 0.392 bits per heavy atom. The third-order valence-electron chi connectivity index (χ3n) is 10.9. The van der Waals surface area contributed by atoms with Crippen LogP contribution in [0.15, 0.2) is 176 Å². The summed E-state index contributed by atoms with van der Waals surface area (Å²) in [4.78, 5) is 2.49. The Morgan fingerprint density at radius 3 is 1.80 bits per heavy atom. The summed E-state index contributed by atoms with van der Waals surface area (Å²) in [5.74, 6) is 0. The molecule has 0 amide bonds. The van der Waals surface area contributed by atoms with E-state index in [9.17, 15) is 0 Å². The van der Waals surface area contributed by atoms with Crippen molar-refractivity contribution in [1.29, 1.82) is 0 Å². The summed E-state index contributed by atoms with van der Waals surface area (Å²) >= 11 is 1.94. The van der Waals surface area contributed by atoms with E-state index in [-0.39, 0.29) is 5.41 Å². The molecule has 10 rings (SSSR count). The van der Waals surface area contributed by atoms with Gasteiger partial charge in [0.2, 0.25) is 0 Å². The summed E-state index contributed by atoms with van der Waals surface area (Å²) in [6.07, 6.45) is 0. The maximum absolute atomic E-state index is 2.49. The molecule has 0 spiro atoms. The van der Waals surface area contributed by atoms with Crippen molar-refractivity contribution < 1.29 is 0 Å². The molecule has 0 N–H and O–H groups in total. The van der Waals surface area contributed by atoms with Gasteiger partial charge in [-0.3, -0.25) is 0 Å². The summed E-state index contributed by atoms with van der Waals surface area (Å²) in [5.41, 5.74) is 13.9. The molecule has 2 heteroatoms. The summed E-state index contributed by atoms with van der Waals surface area (Å²) in [7, 11) is 0. The Kier molecular flexibility index (Phi) is 6.78. The van der Waals surface area contributed by atoms with Gasteiger partial charge in [-0.15, -0.1) is 11.3 Å². The Balaban J connectivity index is 1.24. The Morgan fingerprint density at radius 2 is 1.02 bits per heavy atom. The first-order valence-electron chi connectivity index (χ1n) is 17.7. The molecule has 0 saturated heterocycles. The highest BCUT2D eigenvalue weighted by molar-refractivity contribution is 7.27. The quantitative estimate of drug-likeness (QED) is 0.176. The van der Waals surface area contributed by atoms with Gasteiger partial charge < -0.3 is 4.90 Å². The van der Waals surface area contributed by atoms with Gasteiger partial charge in [0.1, 0.15) is 0 Å². The second-order valence-corrected chi connectivity index (χ2v) is 15.1. The highest BCUT2D eigenvalue weighted by Crippen LogP contribution is 2.55. The van der Waals surface area contributed by atoms with Crippen molar-refractivity contribution in [2.45, 2.75) is 19.3 Å². The van der Waals surface area contributed by atoms with Crippen LogP contribution in [0.1, 0.15) is 25.0 Å². The number of fused-ring (bicyclic) bond motifs is 8. The summed E-state index contributed by atoms with van der Waals surface area (Å²) in [5, 5.41) is 5.09. The van der Waals surface area contributed by atoms with Gasteiger partial charge in [-0.2, -0.15) is 0 Å². The average molecular weight is 670 g/mol. The lowest BCUT2D eigenvalue weighted by Crippen LogP contribution is -2.14. The van der Waals surface area contributed by atoms with Crippen LogP contribution in [-0.2, 0) is 5.41 Å². The van der Waals surface area contributed by atoms with E-state index in [0.717, 1.165) is 5.69 Å². The van der Waals surface area contributed by atoms with Crippen LogP contribution in [0.5, 0.6) is 0 Å². The van der Waals surface area contributed by atoms with E-state index in [0.29, 0.717) is 0 Å². The minimum Gasteiger partial charge on any atom is -0.308 e. The molecule has 0 bridgehead atoms. The molecule has 1 aliphatic rings. The number of benzene rings is 8. The number of thiophene rings is 1. The second-order valence-electron chi connectivity index (χ2n) is 14.1. The van der Waals surface area contributed by atoms with Gasteiger partial charge in [-0.25, -0.2) is 0 Å². The molecule has 0 unspecified atom stereocenters. The maximum Gasteiger partial charge on any atom is 0.0640 e. The minimum absolute atomic E-state index is 0.0366. The fourth-order valence-electron chi connectivity index (χ4n) is 8.39. The lowest BCUT2D eigenvalue weighted by atomic mass is 9.82. The predicted molar refractivity (Wildman–Crippen MR) is 220 cm³/mol. The molecule has 0 radical (unpaired) electrons. The van der Waals surface area contributed by atoms with E-state index in [1.165, 1.54) is 86.8 Å². The van der Waals surface area contributed by atoms with Gasteiger partial charge in [0.25, 0.3) is 0 Å². The topological polar surface area (TPSA) is 3.24 Å². The smallest absolute Gasteiger partial charge is 0.0640 e. The van der Waals surface area contributed by atoms with Crippen LogP contribution in [0.4, 0.5) is 17.1 Å². The van der Waals surface area contributed by atoms with Crippen LogP contribution >= 0.6 is 11.3 Å². The van der Waals surface area contributed by atoms with Crippen LogP contribution in [0.25, 0.3) is 64.3 Å². The lowest BCUT2D eigenvalue weighted by molar-refractivity contribution is 0.661. The molecule has 1 nitrogen and oxygen atoms in total. The van der Waals surface area contributed by atoms with E-state index in [1.807, 2.05) is 11.3 Å². The van der Waals surface area contributed by atoms with Crippen molar-refractivity contribution in [2.75, 3.05) is 4.90 Å². The first-order valence-corrected chi connectivity index (χ1v) is 18.5. The molecule has 0 fully saturated rings. The van der Waals surface area contributed by atoms with E-state index in [4.69, 9.17) is 0 Å². The lowest BCUT2D eigenvalue weighted by Gasteiger charge is -2.28. The van der Waals surface area contributed by atoms with E-state index >= 15 is 0 Å². The van der Waals surface area contributed by atoms with Crippen LogP contribution in [0.2, 0.25) is 0 Å². The SMILES string of the molecule is CC1(C)c2ccccc2-c2c1ccc1c2sc2c(N(c3ccc(-c4ccccc4)cc3)c3ccc(-c4ccccc4)c4ccccc34)cccc21. The van der Waals surface area contributed by atoms with Gasteiger partial charge >= 0.3 is 0 Å². The molecule has 0 atom stereocenters. The normalized spacial score (nSPS) is 13.1. The molecule has 1 heterocycles. The molecule has 0 aliphatic heterocycles. The van der Waals surface area contributed by atoms with Gasteiger partial charge in [0.05, 0.1) is 16.1 Å². The third-order valence-corrected chi connectivity index (χ3v) is 12.2. The van der Waals surface area contributed by atoms with Crippen molar-refractivity contribution in [3.63, 3.8) is 0 Å². The molecular formula is C49H35NS. The van der Waals surface area contributed by atoms with Crippen molar-refractivity contribution in [1.82, 2.24) is 0 Å². The number of anilines is 3. The summed E-state index contributed by atoms with van der Waals surface area (Å²) in [6.45, 7) is 4.74. The van der Waals surface area contributed by atoms with Crippen LogP contribution in [-0.4, -0.2) is 0 Å². The van der Waals surface area contributed by atoms with E-state index in [2.05, 4.69) is 195 Å². The van der Waals surface area contributed by atoms with E-state index in [1.54, 1.807) is 0 Å². The molecule has 9 aromatic rings. The largest absolute Gasteiger partial charge is 0.308 e. The molecule has 242 valence electrons. The van der Waals surface area contributed by atoms with Crippen molar-refractivity contribution in [3.05, 3.63) is 187 Å². The minimum atomic E-state index is -0.0366. The van der Waals surface area contributed by atoms with E-state index < -0.39 is 0 Å². The van der Waals surface area contributed by atoms with Crippen LogP contribution in [0.3, 0.4) is 0 Å². The first-order chi connectivity index (χ1) is 25.1. The monoisotopic (exact) mass is 669 g/mol. The fourth-order valence-corrected chi connectivity index (χ4v) is 9.76.